The minimum Gasteiger partial charge on any atom is -0.488 e. The third-order valence-electron chi connectivity index (χ3n) is 3.79. The second-order valence-electron chi connectivity index (χ2n) is 6.39. The summed E-state index contributed by atoms with van der Waals surface area (Å²) in [4.78, 5) is 24.0. The molecule has 29 heavy (non-hydrogen) atoms. The molecule has 0 unspecified atom stereocenters. The summed E-state index contributed by atoms with van der Waals surface area (Å²) >= 11 is 0. The summed E-state index contributed by atoms with van der Waals surface area (Å²) < 4.78 is 12.5. The molecule has 0 bridgehead atoms. The maximum absolute atomic E-state index is 12.7. The lowest BCUT2D eigenvalue weighted by Gasteiger charge is -2.15. The molecule has 8 nitrogen and oxygen atoms in total. The van der Waals surface area contributed by atoms with Gasteiger partial charge >= 0.3 is 0 Å². The lowest BCUT2D eigenvalue weighted by molar-refractivity contribution is -0.120. The fourth-order valence-electron chi connectivity index (χ4n) is 2.46. The van der Waals surface area contributed by atoms with Crippen molar-refractivity contribution in [2.24, 2.45) is 7.05 Å². The smallest absolute Gasteiger partial charge is 0.257 e. The van der Waals surface area contributed by atoms with Crippen LogP contribution in [0.4, 0.5) is 5.82 Å². The average Bonchev–Trinajstić information content (AvgIpc) is 3.09. The second-order valence-corrected chi connectivity index (χ2v) is 6.39. The first-order valence-electron chi connectivity index (χ1n) is 9.28. The van der Waals surface area contributed by atoms with Crippen molar-refractivity contribution in [2.75, 3.05) is 25.6 Å². The summed E-state index contributed by atoms with van der Waals surface area (Å²) in [5.74, 6) is 6.40. The SMILES string of the molecule is CCC(=O)NCC#Cc1cc(O[C@@H](C)COC)cc(C(=O)Nc2ccn(C)n2)c1. The standard InChI is InChI=1S/C21H26N4O4/c1-5-20(26)22-9-6-7-16-11-17(13-18(12-16)29-15(2)14-28-4)21(27)23-19-8-10-25(3)24-19/h8,10-13,15H,5,9,14H2,1-4H3,(H,22,26)(H,23,24,27)/t15-/m0/s1. The Hall–Kier alpha value is -3.31. The van der Waals surface area contributed by atoms with E-state index < -0.39 is 0 Å². The van der Waals surface area contributed by atoms with Gasteiger partial charge in [0, 0.05) is 44.0 Å². The van der Waals surface area contributed by atoms with Gasteiger partial charge in [0.25, 0.3) is 5.91 Å². The van der Waals surface area contributed by atoms with Crippen molar-refractivity contribution < 1.29 is 19.1 Å². The number of benzene rings is 1. The Balaban J connectivity index is 2.22. The van der Waals surface area contributed by atoms with Crippen LogP contribution in [-0.4, -0.2) is 48.0 Å². The first-order valence-corrected chi connectivity index (χ1v) is 9.28. The summed E-state index contributed by atoms with van der Waals surface area (Å²) in [6, 6.07) is 6.77. The zero-order valence-electron chi connectivity index (χ0n) is 17.1. The van der Waals surface area contributed by atoms with Crippen molar-refractivity contribution in [3.8, 4) is 17.6 Å². The van der Waals surface area contributed by atoms with Crippen LogP contribution in [0.5, 0.6) is 5.75 Å². The highest BCUT2D eigenvalue weighted by molar-refractivity contribution is 6.04. The van der Waals surface area contributed by atoms with Gasteiger partial charge in [-0.25, -0.2) is 0 Å². The van der Waals surface area contributed by atoms with Crippen LogP contribution in [0.25, 0.3) is 0 Å². The minimum atomic E-state index is -0.323. The monoisotopic (exact) mass is 398 g/mol. The molecule has 0 aliphatic carbocycles. The molecule has 2 amide bonds. The molecule has 1 atom stereocenters. The first kappa shape index (κ1) is 22.0. The van der Waals surface area contributed by atoms with Gasteiger partial charge in [-0.1, -0.05) is 18.8 Å². The van der Waals surface area contributed by atoms with Gasteiger partial charge in [0.1, 0.15) is 11.9 Å². The third kappa shape index (κ3) is 7.31. The number of methoxy groups -OCH3 is 1. The zero-order chi connectivity index (χ0) is 21.2. The van der Waals surface area contributed by atoms with E-state index >= 15 is 0 Å². The summed E-state index contributed by atoms with van der Waals surface area (Å²) in [5, 5.41) is 9.58. The Labute approximate surface area is 170 Å². The predicted octanol–water partition coefficient (Wildman–Crippen LogP) is 1.96. The zero-order valence-corrected chi connectivity index (χ0v) is 17.1. The quantitative estimate of drug-likeness (QED) is 0.663. The highest BCUT2D eigenvalue weighted by Crippen LogP contribution is 2.19. The number of aromatic nitrogens is 2. The van der Waals surface area contributed by atoms with Crippen molar-refractivity contribution >= 4 is 17.6 Å². The molecule has 2 aromatic rings. The lowest BCUT2D eigenvalue weighted by Crippen LogP contribution is -2.22. The molecule has 2 N–H and O–H groups in total. The number of hydrogen-bond donors (Lipinski definition) is 2. The number of aryl methyl sites for hydroxylation is 1. The number of anilines is 1. The van der Waals surface area contributed by atoms with E-state index in [0.29, 0.717) is 35.7 Å². The molecule has 0 fully saturated rings. The first-order chi connectivity index (χ1) is 13.9. The van der Waals surface area contributed by atoms with Gasteiger partial charge in [-0.2, -0.15) is 5.10 Å². The lowest BCUT2D eigenvalue weighted by atomic mass is 10.1. The summed E-state index contributed by atoms with van der Waals surface area (Å²) in [6.07, 6.45) is 1.95. The molecule has 1 aromatic heterocycles. The maximum atomic E-state index is 12.7. The van der Waals surface area contributed by atoms with Crippen molar-refractivity contribution in [1.29, 1.82) is 0 Å². The molecule has 0 saturated carbocycles. The van der Waals surface area contributed by atoms with E-state index in [9.17, 15) is 9.59 Å². The molecule has 154 valence electrons. The van der Waals surface area contributed by atoms with Crippen LogP contribution in [0.1, 0.15) is 36.2 Å². The van der Waals surface area contributed by atoms with Crippen LogP contribution in [0.3, 0.4) is 0 Å². The fourth-order valence-corrected chi connectivity index (χ4v) is 2.46. The molecule has 0 aliphatic rings. The van der Waals surface area contributed by atoms with Crippen LogP contribution >= 0.6 is 0 Å². The topological polar surface area (TPSA) is 94.5 Å². The van der Waals surface area contributed by atoms with E-state index in [-0.39, 0.29) is 24.5 Å². The normalized spacial score (nSPS) is 11.2. The van der Waals surface area contributed by atoms with Crippen molar-refractivity contribution in [2.45, 2.75) is 26.4 Å². The largest absolute Gasteiger partial charge is 0.488 e. The van der Waals surface area contributed by atoms with Crippen LogP contribution in [0, 0.1) is 11.8 Å². The molecular weight excluding hydrogens is 372 g/mol. The number of nitrogens with zero attached hydrogens (tertiary/aromatic N) is 2. The highest BCUT2D eigenvalue weighted by atomic mass is 16.5. The number of rotatable bonds is 8. The Kier molecular flexibility index (Phi) is 8.25. The maximum Gasteiger partial charge on any atom is 0.257 e. The number of carbonyl (C=O) groups is 2. The van der Waals surface area contributed by atoms with E-state index in [4.69, 9.17) is 9.47 Å². The van der Waals surface area contributed by atoms with E-state index in [1.807, 2.05) is 6.92 Å². The number of nitrogens with one attached hydrogen (secondary N) is 2. The predicted molar refractivity (Wildman–Crippen MR) is 110 cm³/mol. The Morgan fingerprint density at radius 2 is 2.10 bits per heavy atom. The van der Waals surface area contributed by atoms with Crippen LogP contribution in [0.2, 0.25) is 0 Å². The fraction of sp³-hybridized carbons (Fsp3) is 0.381. The van der Waals surface area contributed by atoms with Gasteiger partial charge in [-0.05, 0) is 25.1 Å². The molecule has 1 heterocycles. The van der Waals surface area contributed by atoms with Gasteiger partial charge in [-0.15, -0.1) is 0 Å². The van der Waals surface area contributed by atoms with E-state index in [0.717, 1.165) is 0 Å². The number of carbonyl (C=O) groups excluding carboxylic acids is 2. The van der Waals surface area contributed by atoms with Crippen molar-refractivity contribution in [3.05, 3.63) is 41.6 Å². The molecule has 0 aliphatic heterocycles. The molecule has 2 rings (SSSR count). The van der Waals surface area contributed by atoms with E-state index in [1.165, 1.54) is 0 Å². The second kappa shape index (κ2) is 10.9. The van der Waals surface area contributed by atoms with E-state index in [2.05, 4.69) is 27.6 Å². The van der Waals surface area contributed by atoms with E-state index in [1.54, 1.807) is 56.2 Å². The minimum absolute atomic E-state index is 0.0693. The number of hydrogen-bond acceptors (Lipinski definition) is 5. The molecule has 0 radical (unpaired) electrons. The van der Waals surface area contributed by atoms with Crippen LogP contribution in [-0.2, 0) is 16.6 Å². The van der Waals surface area contributed by atoms with Gasteiger partial charge in [0.2, 0.25) is 5.91 Å². The van der Waals surface area contributed by atoms with Crippen molar-refractivity contribution in [3.63, 3.8) is 0 Å². The molecule has 8 heteroatoms. The Morgan fingerprint density at radius 3 is 2.76 bits per heavy atom. The van der Waals surface area contributed by atoms with Gasteiger partial charge in [-0.3, -0.25) is 14.3 Å². The number of ether oxygens (including phenoxy) is 2. The molecule has 0 spiro atoms. The summed E-state index contributed by atoms with van der Waals surface area (Å²) in [6.45, 7) is 4.29. The van der Waals surface area contributed by atoms with Gasteiger partial charge in [0.05, 0.1) is 13.2 Å². The third-order valence-corrected chi connectivity index (χ3v) is 3.79. The van der Waals surface area contributed by atoms with Crippen LogP contribution < -0.4 is 15.4 Å². The van der Waals surface area contributed by atoms with Gasteiger partial charge in [0.15, 0.2) is 5.82 Å². The average molecular weight is 398 g/mol. The van der Waals surface area contributed by atoms with Crippen LogP contribution in [0.15, 0.2) is 30.5 Å². The number of amides is 2. The Morgan fingerprint density at radius 1 is 1.31 bits per heavy atom. The summed E-state index contributed by atoms with van der Waals surface area (Å²) in [5.41, 5.74) is 0.990. The molecule has 0 saturated heterocycles. The van der Waals surface area contributed by atoms with Gasteiger partial charge < -0.3 is 20.1 Å². The van der Waals surface area contributed by atoms with Crippen molar-refractivity contribution in [1.82, 2.24) is 15.1 Å². The molecule has 1 aromatic carbocycles. The highest BCUT2D eigenvalue weighted by Gasteiger charge is 2.12. The Bertz CT molecular complexity index is 911. The molecular formula is C21H26N4O4. The summed E-state index contributed by atoms with van der Waals surface area (Å²) in [7, 11) is 3.37.